The number of rotatable bonds is 6. The summed E-state index contributed by atoms with van der Waals surface area (Å²) in [6.07, 6.45) is 0.980. The number of nitriles is 1. The van der Waals surface area contributed by atoms with Crippen molar-refractivity contribution in [1.82, 2.24) is 9.55 Å². The van der Waals surface area contributed by atoms with Crippen molar-refractivity contribution in [3.05, 3.63) is 83.3 Å². The predicted octanol–water partition coefficient (Wildman–Crippen LogP) is 4.72. The first-order chi connectivity index (χ1) is 13.3. The molecule has 1 N–H and O–H groups in total. The van der Waals surface area contributed by atoms with E-state index in [9.17, 15) is 0 Å². The van der Waals surface area contributed by atoms with Crippen molar-refractivity contribution in [1.29, 1.82) is 5.26 Å². The van der Waals surface area contributed by atoms with Crippen LogP contribution in [-0.2, 0) is 19.5 Å². The molecule has 0 radical (unpaired) electrons. The lowest BCUT2D eigenvalue weighted by atomic mass is 10.1. The molecule has 2 aromatic carbocycles. The van der Waals surface area contributed by atoms with Crippen LogP contribution in [0.4, 0.5) is 5.95 Å². The molecule has 0 atom stereocenters. The van der Waals surface area contributed by atoms with Crippen LogP contribution in [0.5, 0.6) is 0 Å². The predicted molar refractivity (Wildman–Crippen MR) is 105 cm³/mol. The second-order valence-corrected chi connectivity index (χ2v) is 6.42. The van der Waals surface area contributed by atoms with Crippen LogP contribution in [0.15, 0.2) is 65.1 Å². The van der Waals surface area contributed by atoms with E-state index < -0.39 is 0 Å². The summed E-state index contributed by atoms with van der Waals surface area (Å²) >= 11 is 0. The van der Waals surface area contributed by atoms with Gasteiger partial charge in [-0.05, 0) is 41.8 Å². The normalized spacial score (nSPS) is 10.8. The molecular formula is C22H20N4O. The largest absolute Gasteiger partial charge is 0.449 e. The Balaban J connectivity index is 1.68. The van der Waals surface area contributed by atoms with Crippen molar-refractivity contribution in [2.45, 2.75) is 26.4 Å². The van der Waals surface area contributed by atoms with Gasteiger partial charge in [-0.25, -0.2) is 4.98 Å². The van der Waals surface area contributed by atoms with E-state index in [1.807, 2.05) is 30.3 Å². The molecule has 0 fully saturated rings. The van der Waals surface area contributed by atoms with Crippen LogP contribution in [0.25, 0.3) is 11.0 Å². The highest BCUT2D eigenvalue weighted by molar-refractivity contribution is 5.79. The van der Waals surface area contributed by atoms with Crippen molar-refractivity contribution < 1.29 is 4.42 Å². The molecule has 0 saturated carbocycles. The summed E-state index contributed by atoms with van der Waals surface area (Å²) < 4.78 is 7.64. The molecule has 0 unspecified atom stereocenters. The van der Waals surface area contributed by atoms with Crippen molar-refractivity contribution in [2.24, 2.45) is 0 Å². The molecule has 0 amide bonds. The minimum Gasteiger partial charge on any atom is -0.449 e. The van der Waals surface area contributed by atoms with Crippen molar-refractivity contribution in [3.63, 3.8) is 0 Å². The maximum atomic E-state index is 8.91. The summed E-state index contributed by atoms with van der Waals surface area (Å²) in [5, 5.41) is 12.3. The molecule has 0 aliphatic heterocycles. The standard InChI is InChI=1S/C22H20N4O/c1-2-16-8-11-21-20(12-16)25-22(24-14-19-10-9-18(13-23)27-19)26(21)15-17-6-4-3-5-7-17/h3-12H,2,14-15H2,1H3,(H,24,25). The molecule has 4 rings (SSSR count). The number of benzene rings is 2. The summed E-state index contributed by atoms with van der Waals surface area (Å²) in [6.45, 7) is 3.35. The van der Waals surface area contributed by atoms with Crippen LogP contribution in [0.3, 0.4) is 0 Å². The average molecular weight is 356 g/mol. The Labute approximate surface area is 157 Å². The quantitative estimate of drug-likeness (QED) is 0.543. The van der Waals surface area contributed by atoms with Gasteiger partial charge in [-0.1, -0.05) is 43.3 Å². The lowest BCUT2D eigenvalue weighted by Crippen LogP contribution is -2.08. The Morgan fingerprint density at radius 2 is 1.93 bits per heavy atom. The fourth-order valence-electron chi connectivity index (χ4n) is 3.16. The molecule has 5 nitrogen and oxygen atoms in total. The minimum atomic E-state index is 0.317. The van der Waals surface area contributed by atoms with E-state index in [-0.39, 0.29) is 0 Å². The van der Waals surface area contributed by atoms with Gasteiger partial charge in [0, 0.05) is 0 Å². The van der Waals surface area contributed by atoms with Gasteiger partial charge in [0.2, 0.25) is 11.7 Å². The van der Waals surface area contributed by atoms with Gasteiger partial charge in [0.1, 0.15) is 11.8 Å². The number of aromatic nitrogens is 2. The zero-order valence-corrected chi connectivity index (χ0v) is 15.1. The number of fused-ring (bicyclic) bond motifs is 1. The Morgan fingerprint density at radius 1 is 1.07 bits per heavy atom. The maximum absolute atomic E-state index is 8.91. The van der Waals surface area contributed by atoms with Crippen LogP contribution < -0.4 is 5.32 Å². The number of imidazole rings is 1. The number of aryl methyl sites for hydroxylation is 1. The van der Waals surface area contributed by atoms with Gasteiger partial charge in [0.25, 0.3) is 0 Å². The van der Waals surface area contributed by atoms with Crippen LogP contribution in [-0.4, -0.2) is 9.55 Å². The highest BCUT2D eigenvalue weighted by Gasteiger charge is 2.12. The van der Waals surface area contributed by atoms with Gasteiger partial charge in [-0.2, -0.15) is 5.26 Å². The lowest BCUT2D eigenvalue weighted by molar-refractivity contribution is 0.505. The molecule has 0 spiro atoms. The second-order valence-electron chi connectivity index (χ2n) is 6.42. The van der Waals surface area contributed by atoms with Gasteiger partial charge >= 0.3 is 0 Å². The first-order valence-corrected chi connectivity index (χ1v) is 9.02. The highest BCUT2D eigenvalue weighted by atomic mass is 16.3. The number of hydrogen-bond donors (Lipinski definition) is 1. The second kappa shape index (κ2) is 7.38. The molecule has 0 aliphatic carbocycles. The molecule has 2 aromatic heterocycles. The van der Waals surface area contributed by atoms with E-state index >= 15 is 0 Å². The third-order valence-electron chi connectivity index (χ3n) is 4.60. The number of furan rings is 1. The van der Waals surface area contributed by atoms with Crippen molar-refractivity contribution >= 4 is 17.0 Å². The zero-order valence-electron chi connectivity index (χ0n) is 15.1. The van der Waals surface area contributed by atoms with Gasteiger partial charge in [-0.3, -0.25) is 0 Å². The molecule has 0 aliphatic rings. The van der Waals surface area contributed by atoms with E-state index in [2.05, 4.69) is 47.1 Å². The van der Waals surface area contributed by atoms with Crippen LogP contribution in [0.2, 0.25) is 0 Å². The van der Waals surface area contributed by atoms with Gasteiger partial charge < -0.3 is 14.3 Å². The summed E-state index contributed by atoms with van der Waals surface area (Å²) in [5.74, 6) is 1.81. The first-order valence-electron chi connectivity index (χ1n) is 9.02. The van der Waals surface area contributed by atoms with Crippen molar-refractivity contribution in [2.75, 3.05) is 5.32 Å². The fraction of sp³-hybridized carbons (Fsp3) is 0.182. The number of nitrogens with one attached hydrogen (secondary N) is 1. The van der Waals surface area contributed by atoms with Crippen LogP contribution in [0.1, 0.15) is 29.6 Å². The van der Waals surface area contributed by atoms with E-state index in [0.29, 0.717) is 18.1 Å². The number of anilines is 1. The molecule has 27 heavy (non-hydrogen) atoms. The topological polar surface area (TPSA) is 66.8 Å². The molecule has 4 aromatic rings. The number of hydrogen-bond acceptors (Lipinski definition) is 4. The summed E-state index contributed by atoms with van der Waals surface area (Å²) in [4.78, 5) is 4.80. The SMILES string of the molecule is CCc1ccc2c(c1)nc(NCc1ccc(C#N)o1)n2Cc1ccccc1. The monoisotopic (exact) mass is 356 g/mol. The molecule has 0 saturated heterocycles. The average Bonchev–Trinajstić information content (AvgIpc) is 3.31. The molecule has 0 bridgehead atoms. The van der Waals surface area contributed by atoms with E-state index in [1.54, 1.807) is 6.07 Å². The van der Waals surface area contributed by atoms with Crippen LogP contribution in [0, 0.1) is 11.3 Å². The first kappa shape index (κ1) is 16.9. The van der Waals surface area contributed by atoms with Crippen molar-refractivity contribution in [3.8, 4) is 6.07 Å². The van der Waals surface area contributed by atoms with Gasteiger partial charge in [-0.15, -0.1) is 0 Å². The Morgan fingerprint density at radius 3 is 2.67 bits per heavy atom. The third kappa shape index (κ3) is 3.56. The van der Waals surface area contributed by atoms with Gasteiger partial charge in [0.05, 0.1) is 24.1 Å². The third-order valence-corrected chi connectivity index (χ3v) is 4.60. The Hall–Kier alpha value is -3.52. The lowest BCUT2D eigenvalue weighted by Gasteiger charge is -2.10. The Bertz CT molecular complexity index is 1100. The summed E-state index contributed by atoms with van der Waals surface area (Å²) in [6, 6.07) is 22.3. The summed E-state index contributed by atoms with van der Waals surface area (Å²) in [5.41, 5.74) is 4.55. The maximum Gasteiger partial charge on any atom is 0.204 e. The number of nitrogens with zero attached hydrogens (tertiary/aromatic N) is 3. The van der Waals surface area contributed by atoms with E-state index in [4.69, 9.17) is 14.7 Å². The summed E-state index contributed by atoms with van der Waals surface area (Å²) in [7, 11) is 0. The van der Waals surface area contributed by atoms with E-state index in [0.717, 1.165) is 29.9 Å². The van der Waals surface area contributed by atoms with Crippen LogP contribution >= 0.6 is 0 Å². The molecule has 5 heteroatoms. The fourth-order valence-corrected chi connectivity index (χ4v) is 3.16. The highest BCUT2D eigenvalue weighted by Crippen LogP contribution is 2.23. The van der Waals surface area contributed by atoms with E-state index in [1.165, 1.54) is 11.1 Å². The molecule has 2 heterocycles. The molecule has 134 valence electrons. The minimum absolute atomic E-state index is 0.317. The smallest absolute Gasteiger partial charge is 0.204 e. The zero-order chi connectivity index (χ0) is 18.6. The van der Waals surface area contributed by atoms with Gasteiger partial charge in [0.15, 0.2) is 0 Å². The Kier molecular flexibility index (Phi) is 4.63. The molecular weight excluding hydrogens is 336 g/mol.